The molecule has 0 aliphatic rings. The van der Waals surface area contributed by atoms with E-state index in [0.717, 1.165) is 93.5 Å². The Labute approximate surface area is 361 Å². The van der Waals surface area contributed by atoms with Crippen LogP contribution in [-0.2, 0) is 0 Å². The second kappa shape index (κ2) is 14.0. The van der Waals surface area contributed by atoms with Gasteiger partial charge in [0.05, 0.1) is 27.6 Å². The predicted octanol–water partition coefficient (Wildman–Crippen LogP) is 14.6. The molecule has 294 valence electrons. The van der Waals surface area contributed by atoms with Gasteiger partial charge in [-0.2, -0.15) is 9.97 Å². The van der Waals surface area contributed by atoms with Gasteiger partial charge in [0, 0.05) is 43.6 Å². The lowest BCUT2D eigenvalue weighted by Gasteiger charge is -2.12. The lowest BCUT2D eigenvalue weighted by Crippen LogP contribution is -2.06. The highest BCUT2D eigenvalue weighted by atomic mass is 16.3. The number of para-hydroxylation sites is 4. The van der Waals surface area contributed by atoms with E-state index in [0.29, 0.717) is 17.6 Å². The van der Waals surface area contributed by atoms with E-state index in [2.05, 4.69) is 215 Å². The first-order valence-corrected chi connectivity index (χ1v) is 21.2. The summed E-state index contributed by atoms with van der Waals surface area (Å²) in [6.45, 7) is 0. The third-order valence-electron chi connectivity index (χ3n) is 12.4. The van der Waals surface area contributed by atoms with Crippen LogP contribution in [0.4, 0.5) is 0 Å². The van der Waals surface area contributed by atoms with E-state index < -0.39 is 0 Å². The average molecular weight is 806 g/mol. The third kappa shape index (κ3) is 5.62. The molecule has 0 aliphatic heterocycles. The van der Waals surface area contributed by atoms with Gasteiger partial charge in [0.2, 0.25) is 5.95 Å². The van der Waals surface area contributed by atoms with Gasteiger partial charge in [-0.25, -0.2) is 4.98 Å². The lowest BCUT2D eigenvalue weighted by molar-refractivity contribution is 0.670. The van der Waals surface area contributed by atoms with Crippen molar-refractivity contribution in [3.8, 4) is 56.7 Å². The van der Waals surface area contributed by atoms with Crippen molar-refractivity contribution in [1.82, 2.24) is 24.1 Å². The van der Waals surface area contributed by atoms with E-state index in [4.69, 9.17) is 19.4 Å². The molecular weight excluding hydrogens is 771 g/mol. The molecule has 0 aliphatic carbocycles. The molecule has 0 amide bonds. The molecule has 9 aromatic carbocycles. The van der Waals surface area contributed by atoms with E-state index in [1.54, 1.807) is 0 Å². The largest absolute Gasteiger partial charge is 0.455 e. The number of furan rings is 1. The zero-order chi connectivity index (χ0) is 41.4. The highest BCUT2D eigenvalue weighted by Crippen LogP contribution is 2.41. The van der Waals surface area contributed by atoms with Gasteiger partial charge >= 0.3 is 0 Å². The number of rotatable bonds is 6. The first kappa shape index (κ1) is 35.2. The Morgan fingerprint density at radius 3 is 1.54 bits per heavy atom. The van der Waals surface area contributed by atoms with Crippen molar-refractivity contribution >= 4 is 65.6 Å². The molecule has 0 fully saturated rings. The summed E-state index contributed by atoms with van der Waals surface area (Å²) >= 11 is 0. The summed E-state index contributed by atoms with van der Waals surface area (Å²) in [5.41, 5.74) is 13.2. The normalized spacial score (nSPS) is 11.8. The van der Waals surface area contributed by atoms with Crippen molar-refractivity contribution in [1.29, 1.82) is 0 Å². The smallest absolute Gasteiger partial charge is 0.238 e. The summed E-state index contributed by atoms with van der Waals surface area (Å²) in [6, 6.07) is 74.4. The highest BCUT2D eigenvalue weighted by Gasteiger charge is 2.22. The van der Waals surface area contributed by atoms with Crippen molar-refractivity contribution in [2.24, 2.45) is 0 Å². The van der Waals surface area contributed by atoms with E-state index in [1.165, 1.54) is 11.1 Å². The van der Waals surface area contributed by atoms with Crippen molar-refractivity contribution in [2.75, 3.05) is 0 Å². The monoisotopic (exact) mass is 805 g/mol. The Bertz CT molecular complexity index is 3860. The molecule has 0 bridgehead atoms. The second-order valence-corrected chi connectivity index (χ2v) is 16.0. The quantitative estimate of drug-likeness (QED) is 0.168. The molecule has 6 heteroatoms. The van der Waals surface area contributed by atoms with E-state index >= 15 is 0 Å². The Morgan fingerprint density at radius 1 is 0.317 bits per heavy atom. The molecule has 0 atom stereocenters. The van der Waals surface area contributed by atoms with Crippen LogP contribution in [0.1, 0.15) is 0 Å². The fourth-order valence-electron chi connectivity index (χ4n) is 9.49. The molecule has 0 spiro atoms. The third-order valence-corrected chi connectivity index (χ3v) is 12.4. The van der Waals surface area contributed by atoms with Crippen LogP contribution in [0.5, 0.6) is 0 Å². The number of hydrogen-bond donors (Lipinski definition) is 0. The summed E-state index contributed by atoms with van der Waals surface area (Å²) in [4.78, 5) is 15.9. The van der Waals surface area contributed by atoms with Crippen LogP contribution >= 0.6 is 0 Å². The maximum absolute atomic E-state index is 6.96. The number of hydrogen-bond acceptors (Lipinski definition) is 4. The highest BCUT2D eigenvalue weighted by molar-refractivity contribution is 6.18. The van der Waals surface area contributed by atoms with Crippen molar-refractivity contribution < 1.29 is 4.42 Å². The van der Waals surface area contributed by atoms with Crippen LogP contribution < -0.4 is 0 Å². The number of fused-ring (bicyclic) bond motifs is 9. The van der Waals surface area contributed by atoms with Gasteiger partial charge in [0.15, 0.2) is 11.6 Å². The van der Waals surface area contributed by atoms with Crippen LogP contribution in [0.3, 0.4) is 0 Å². The zero-order valence-electron chi connectivity index (χ0n) is 33.9. The summed E-state index contributed by atoms with van der Waals surface area (Å²) in [6.07, 6.45) is 0. The van der Waals surface area contributed by atoms with Gasteiger partial charge < -0.3 is 8.98 Å². The second-order valence-electron chi connectivity index (χ2n) is 16.0. The fraction of sp³-hybridized carbons (Fsp3) is 0. The molecule has 4 heterocycles. The average Bonchev–Trinajstić information content (AvgIpc) is 4.01. The number of nitrogens with zero attached hydrogens (tertiary/aromatic N) is 5. The van der Waals surface area contributed by atoms with Crippen LogP contribution in [0.2, 0.25) is 0 Å². The molecule has 63 heavy (non-hydrogen) atoms. The first-order valence-electron chi connectivity index (χ1n) is 21.2. The van der Waals surface area contributed by atoms with Gasteiger partial charge in [0.25, 0.3) is 0 Å². The van der Waals surface area contributed by atoms with Crippen molar-refractivity contribution in [3.05, 3.63) is 212 Å². The summed E-state index contributed by atoms with van der Waals surface area (Å²) in [5, 5.41) is 6.57. The Balaban J connectivity index is 1.04. The maximum Gasteiger partial charge on any atom is 0.238 e. The first-order chi connectivity index (χ1) is 31.2. The molecule has 13 aromatic rings. The minimum absolute atomic E-state index is 0.531. The summed E-state index contributed by atoms with van der Waals surface area (Å²) < 4.78 is 11.5. The molecule has 13 rings (SSSR count). The molecular formula is C57H35N5O. The lowest BCUT2D eigenvalue weighted by atomic mass is 10.0. The number of benzene rings is 9. The Kier molecular flexibility index (Phi) is 7.80. The molecule has 0 saturated heterocycles. The van der Waals surface area contributed by atoms with E-state index in [-0.39, 0.29) is 0 Å². The molecule has 4 aromatic heterocycles. The van der Waals surface area contributed by atoms with Crippen LogP contribution in [0.15, 0.2) is 217 Å². The van der Waals surface area contributed by atoms with Gasteiger partial charge in [-0.05, 0) is 76.9 Å². The van der Waals surface area contributed by atoms with E-state index in [9.17, 15) is 0 Å². The summed E-state index contributed by atoms with van der Waals surface area (Å²) in [5.74, 6) is 1.64. The fourth-order valence-corrected chi connectivity index (χ4v) is 9.49. The van der Waals surface area contributed by atoms with Crippen molar-refractivity contribution in [2.45, 2.75) is 0 Å². The molecule has 0 N–H and O–H groups in total. The molecule has 0 saturated carbocycles. The Hall–Kier alpha value is -8.61. The standard InChI is InChI=1S/C57H35N5O/c1-3-16-36(17-4-1)38-20-13-22-40(32-38)55-58-56(60-57(59-55)62-50-30-11-7-24-42(50)43-25-8-12-31-51(43)62)46-28-15-27-45-48-34-52-47(35-53(48)63-54(45)46)44-26-9-10-29-49(44)61(52)41-23-14-21-39(33-41)37-18-5-2-6-19-37/h1-35H. The maximum atomic E-state index is 6.96. The minimum Gasteiger partial charge on any atom is -0.455 e. The van der Waals surface area contributed by atoms with Gasteiger partial charge in [-0.15, -0.1) is 0 Å². The van der Waals surface area contributed by atoms with Gasteiger partial charge in [-0.3, -0.25) is 4.57 Å². The predicted molar refractivity (Wildman–Crippen MR) is 258 cm³/mol. The Morgan fingerprint density at radius 2 is 0.841 bits per heavy atom. The molecule has 0 unspecified atom stereocenters. The van der Waals surface area contributed by atoms with Gasteiger partial charge in [0.1, 0.15) is 11.2 Å². The molecule has 6 nitrogen and oxygen atoms in total. The van der Waals surface area contributed by atoms with Crippen LogP contribution in [-0.4, -0.2) is 24.1 Å². The topological polar surface area (TPSA) is 61.7 Å². The summed E-state index contributed by atoms with van der Waals surface area (Å²) in [7, 11) is 0. The van der Waals surface area contributed by atoms with Crippen LogP contribution in [0.25, 0.3) is 122 Å². The van der Waals surface area contributed by atoms with Crippen molar-refractivity contribution in [3.63, 3.8) is 0 Å². The molecule has 0 radical (unpaired) electrons. The number of aromatic nitrogens is 5. The van der Waals surface area contributed by atoms with E-state index in [1.807, 2.05) is 6.07 Å². The minimum atomic E-state index is 0.531. The van der Waals surface area contributed by atoms with Gasteiger partial charge in [-0.1, -0.05) is 158 Å². The SMILES string of the molecule is c1ccc(-c2cccc(-c3nc(-c4cccc5c4oc4cc6c7ccccc7n(-c7cccc(-c8ccccc8)c7)c6cc45)nc(-n4c5ccccc5c5ccccc54)n3)c2)cc1. The zero-order valence-corrected chi connectivity index (χ0v) is 33.9. The van der Waals surface area contributed by atoms with Crippen LogP contribution in [0, 0.1) is 0 Å².